The molecule has 0 bridgehead atoms. The first-order valence-electron chi connectivity index (χ1n) is 6.60. The first-order chi connectivity index (χ1) is 10.3. The topological polar surface area (TPSA) is 104 Å². The highest BCUT2D eigenvalue weighted by Crippen LogP contribution is 2.37. The van der Waals surface area contributed by atoms with Crippen molar-refractivity contribution in [3.05, 3.63) is 35.9 Å². The quantitative estimate of drug-likeness (QED) is 0.871. The Kier molecular flexibility index (Phi) is 3.51. The lowest BCUT2D eigenvalue weighted by molar-refractivity contribution is 0.101. The molecule has 2 aromatic rings. The molecule has 1 saturated carbocycles. The fourth-order valence-corrected chi connectivity index (χ4v) is 1.88. The van der Waals surface area contributed by atoms with Crippen molar-refractivity contribution in [3.8, 4) is 11.8 Å². The number of nitriles is 1. The van der Waals surface area contributed by atoms with Gasteiger partial charge in [-0.25, -0.2) is 4.98 Å². The molecule has 1 amide bonds. The molecule has 1 aliphatic carbocycles. The standard InChI is InChI=1S/C14H13N5O2/c15-6-7-21-11-3-1-2-10(8-11)16-14(20)13-17-12(18-19-13)9-4-5-9/h1-3,8-9H,4-5,7H2,(H,16,20)(H,17,18,19). The molecule has 1 fully saturated rings. The van der Waals surface area contributed by atoms with Crippen molar-refractivity contribution < 1.29 is 9.53 Å². The second-order valence-corrected chi connectivity index (χ2v) is 4.75. The van der Waals surface area contributed by atoms with Gasteiger partial charge in [0.25, 0.3) is 5.91 Å². The average Bonchev–Trinajstić information content (AvgIpc) is 3.22. The summed E-state index contributed by atoms with van der Waals surface area (Å²) >= 11 is 0. The van der Waals surface area contributed by atoms with Crippen molar-refractivity contribution >= 4 is 11.6 Å². The number of hydrogen-bond donors (Lipinski definition) is 2. The maximum Gasteiger partial charge on any atom is 0.295 e. The molecule has 21 heavy (non-hydrogen) atoms. The van der Waals surface area contributed by atoms with Crippen LogP contribution < -0.4 is 10.1 Å². The highest BCUT2D eigenvalue weighted by Gasteiger charge is 2.28. The van der Waals surface area contributed by atoms with Crippen LogP contribution in [0.1, 0.15) is 35.2 Å². The van der Waals surface area contributed by atoms with E-state index in [0.717, 1.165) is 18.7 Å². The van der Waals surface area contributed by atoms with Gasteiger partial charge in [0.1, 0.15) is 17.6 Å². The minimum atomic E-state index is -0.379. The molecule has 0 spiro atoms. The minimum Gasteiger partial charge on any atom is -0.479 e. The Morgan fingerprint density at radius 3 is 3.14 bits per heavy atom. The van der Waals surface area contributed by atoms with Gasteiger partial charge in [0, 0.05) is 17.7 Å². The van der Waals surface area contributed by atoms with Crippen LogP contribution in [-0.2, 0) is 0 Å². The van der Waals surface area contributed by atoms with Gasteiger partial charge in [-0.05, 0) is 25.0 Å². The number of hydrogen-bond acceptors (Lipinski definition) is 5. The monoisotopic (exact) mass is 283 g/mol. The maximum absolute atomic E-state index is 12.0. The van der Waals surface area contributed by atoms with Crippen LogP contribution in [-0.4, -0.2) is 27.7 Å². The molecule has 2 N–H and O–H groups in total. The Morgan fingerprint density at radius 2 is 2.38 bits per heavy atom. The van der Waals surface area contributed by atoms with E-state index in [9.17, 15) is 4.79 Å². The van der Waals surface area contributed by atoms with E-state index in [1.165, 1.54) is 0 Å². The maximum atomic E-state index is 12.0. The molecule has 0 saturated heterocycles. The molecular weight excluding hydrogens is 270 g/mol. The predicted molar refractivity (Wildman–Crippen MR) is 73.9 cm³/mol. The van der Waals surface area contributed by atoms with Crippen molar-refractivity contribution in [2.75, 3.05) is 11.9 Å². The van der Waals surface area contributed by atoms with E-state index in [1.807, 2.05) is 6.07 Å². The number of carbonyl (C=O) groups is 1. The van der Waals surface area contributed by atoms with Crippen LogP contribution in [0.25, 0.3) is 0 Å². The summed E-state index contributed by atoms with van der Waals surface area (Å²) in [6.07, 6.45) is 2.18. The van der Waals surface area contributed by atoms with Gasteiger partial charge in [0.2, 0.25) is 5.82 Å². The largest absolute Gasteiger partial charge is 0.479 e. The van der Waals surface area contributed by atoms with Gasteiger partial charge in [-0.3, -0.25) is 9.89 Å². The summed E-state index contributed by atoms with van der Waals surface area (Å²) in [5, 5.41) is 17.9. The van der Waals surface area contributed by atoms with Gasteiger partial charge in [-0.2, -0.15) is 5.26 Å². The number of benzene rings is 1. The molecule has 0 atom stereocenters. The summed E-state index contributed by atoms with van der Waals surface area (Å²) in [7, 11) is 0. The van der Waals surface area contributed by atoms with Crippen LogP contribution in [0.2, 0.25) is 0 Å². The van der Waals surface area contributed by atoms with Crippen molar-refractivity contribution in [1.82, 2.24) is 15.2 Å². The van der Waals surface area contributed by atoms with Crippen LogP contribution in [0.15, 0.2) is 24.3 Å². The lowest BCUT2D eigenvalue weighted by Gasteiger charge is -2.05. The number of anilines is 1. The summed E-state index contributed by atoms with van der Waals surface area (Å²) in [4.78, 5) is 16.2. The third-order valence-electron chi connectivity index (χ3n) is 3.07. The first-order valence-corrected chi connectivity index (χ1v) is 6.60. The van der Waals surface area contributed by atoms with Gasteiger partial charge >= 0.3 is 0 Å². The second-order valence-electron chi connectivity index (χ2n) is 4.75. The normalized spacial score (nSPS) is 13.5. The van der Waals surface area contributed by atoms with Crippen molar-refractivity contribution in [2.24, 2.45) is 0 Å². The van der Waals surface area contributed by atoms with E-state index in [2.05, 4.69) is 20.5 Å². The Labute approximate surface area is 121 Å². The predicted octanol–water partition coefficient (Wildman–Crippen LogP) is 1.84. The van der Waals surface area contributed by atoms with E-state index < -0.39 is 0 Å². The molecule has 3 rings (SSSR count). The number of amides is 1. The highest BCUT2D eigenvalue weighted by atomic mass is 16.5. The van der Waals surface area contributed by atoms with Crippen molar-refractivity contribution in [2.45, 2.75) is 18.8 Å². The van der Waals surface area contributed by atoms with Crippen LogP contribution in [0, 0.1) is 11.3 Å². The summed E-state index contributed by atoms with van der Waals surface area (Å²) < 4.78 is 5.18. The van der Waals surface area contributed by atoms with Crippen LogP contribution >= 0.6 is 0 Å². The SMILES string of the molecule is N#CCOc1cccc(NC(=O)c2n[nH]c(C3CC3)n2)c1. The van der Waals surface area contributed by atoms with Gasteiger partial charge in [0.05, 0.1) is 0 Å². The average molecular weight is 283 g/mol. The minimum absolute atomic E-state index is 0.0386. The van der Waals surface area contributed by atoms with Crippen molar-refractivity contribution in [3.63, 3.8) is 0 Å². The molecule has 0 aliphatic heterocycles. The molecule has 0 unspecified atom stereocenters. The van der Waals surface area contributed by atoms with Crippen LogP contribution in [0.5, 0.6) is 5.75 Å². The fourth-order valence-electron chi connectivity index (χ4n) is 1.88. The third-order valence-corrected chi connectivity index (χ3v) is 3.07. The summed E-state index contributed by atoms with van der Waals surface area (Å²) in [5.74, 6) is 1.45. The molecular formula is C14H13N5O2. The van der Waals surface area contributed by atoms with E-state index in [4.69, 9.17) is 10.00 Å². The number of aromatic amines is 1. The molecule has 1 aliphatic rings. The van der Waals surface area contributed by atoms with Gasteiger partial charge < -0.3 is 10.1 Å². The zero-order chi connectivity index (χ0) is 14.7. The Balaban J connectivity index is 1.67. The lowest BCUT2D eigenvalue weighted by atomic mass is 10.3. The fraction of sp³-hybridized carbons (Fsp3) is 0.286. The number of aromatic nitrogens is 3. The summed E-state index contributed by atoms with van der Waals surface area (Å²) in [5.41, 5.74) is 0.563. The molecule has 106 valence electrons. The Morgan fingerprint density at radius 1 is 1.52 bits per heavy atom. The number of rotatable bonds is 5. The van der Waals surface area contributed by atoms with E-state index in [1.54, 1.807) is 24.3 Å². The Hall–Kier alpha value is -2.88. The number of H-pyrrole nitrogens is 1. The molecule has 7 nitrogen and oxygen atoms in total. The van der Waals surface area contributed by atoms with Gasteiger partial charge in [-0.15, -0.1) is 5.10 Å². The first kappa shape index (κ1) is 13.1. The molecule has 7 heteroatoms. The number of carbonyl (C=O) groups excluding carboxylic acids is 1. The number of ether oxygens (including phenoxy) is 1. The molecule has 1 aromatic heterocycles. The third kappa shape index (κ3) is 3.17. The second kappa shape index (κ2) is 5.63. The molecule has 0 radical (unpaired) electrons. The molecule has 1 aromatic carbocycles. The zero-order valence-electron chi connectivity index (χ0n) is 11.2. The van der Waals surface area contributed by atoms with E-state index >= 15 is 0 Å². The molecule has 1 heterocycles. The highest BCUT2D eigenvalue weighted by molar-refractivity contribution is 6.01. The van der Waals surface area contributed by atoms with Crippen LogP contribution in [0.3, 0.4) is 0 Å². The zero-order valence-corrected chi connectivity index (χ0v) is 11.2. The smallest absolute Gasteiger partial charge is 0.295 e. The van der Waals surface area contributed by atoms with E-state index in [-0.39, 0.29) is 18.3 Å². The lowest BCUT2D eigenvalue weighted by Crippen LogP contribution is -2.13. The van der Waals surface area contributed by atoms with Gasteiger partial charge in [0.15, 0.2) is 6.61 Å². The summed E-state index contributed by atoms with van der Waals surface area (Å²) in [6, 6.07) is 8.70. The number of nitrogens with zero attached hydrogens (tertiary/aromatic N) is 3. The van der Waals surface area contributed by atoms with Gasteiger partial charge in [-0.1, -0.05) is 6.07 Å². The number of nitrogens with one attached hydrogen (secondary N) is 2. The van der Waals surface area contributed by atoms with Crippen molar-refractivity contribution in [1.29, 1.82) is 5.26 Å². The van der Waals surface area contributed by atoms with E-state index in [0.29, 0.717) is 17.4 Å². The summed E-state index contributed by atoms with van der Waals surface area (Å²) in [6.45, 7) is -0.0386. The Bertz CT molecular complexity index is 699. The van der Waals surface area contributed by atoms with Crippen LogP contribution in [0.4, 0.5) is 5.69 Å².